The number of aromatic amines is 1. The summed E-state index contributed by atoms with van der Waals surface area (Å²) in [6.45, 7) is 25.2. The maximum absolute atomic E-state index is 12.3. The lowest BCUT2D eigenvalue weighted by Gasteiger charge is -2.26. The molecule has 0 amide bonds. The Hall–Kier alpha value is -2.91. The van der Waals surface area contributed by atoms with Gasteiger partial charge in [0.2, 0.25) is 0 Å². The van der Waals surface area contributed by atoms with E-state index in [9.17, 15) is 9.00 Å². The molecule has 5 rings (SSSR count). The van der Waals surface area contributed by atoms with Crippen LogP contribution >= 0.6 is 0 Å². The third-order valence-corrected chi connectivity index (χ3v) is 8.15. The van der Waals surface area contributed by atoms with Gasteiger partial charge < -0.3 is 15.6 Å². The van der Waals surface area contributed by atoms with Crippen LogP contribution in [0.15, 0.2) is 47.5 Å². The number of aryl methyl sites for hydroxylation is 2. The number of carbonyl (C=O) groups is 1. The molecule has 1 atom stereocenters. The number of likely N-dealkylation sites (N-methyl/N-ethyl adjacent to an activating group) is 1. The van der Waals surface area contributed by atoms with E-state index < -0.39 is 10.8 Å². The number of nitrogens with one attached hydrogen (secondary N) is 3. The lowest BCUT2D eigenvalue weighted by Crippen LogP contribution is -2.45. The Kier molecular flexibility index (Phi) is 19.3. The molecule has 1 aliphatic rings. The summed E-state index contributed by atoms with van der Waals surface area (Å²) in [5.74, 6) is 0.572. The first kappa shape index (κ1) is 39.1. The van der Waals surface area contributed by atoms with Crippen LogP contribution in [0.4, 0.5) is 0 Å². The van der Waals surface area contributed by atoms with E-state index >= 15 is 0 Å². The van der Waals surface area contributed by atoms with Crippen LogP contribution in [-0.2, 0) is 10.8 Å². The number of piperazine rings is 1. The molecule has 0 aliphatic carbocycles. The number of aromatic nitrogens is 2. The highest BCUT2D eigenvalue weighted by atomic mass is 32.2. The highest BCUT2D eigenvalue weighted by molar-refractivity contribution is 7.85. The second-order valence-corrected chi connectivity index (χ2v) is 11.8. The molecule has 2 aromatic carbocycles. The topological polar surface area (TPSA) is 90.1 Å². The molecule has 7 nitrogen and oxygen atoms in total. The van der Waals surface area contributed by atoms with Crippen molar-refractivity contribution in [3.05, 3.63) is 59.3 Å². The molecular formula is C36H57N5O2S. The van der Waals surface area contributed by atoms with Gasteiger partial charge in [0.15, 0.2) is 0 Å². The fourth-order valence-corrected chi connectivity index (χ4v) is 5.56. The van der Waals surface area contributed by atoms with E-state index in [1.165, 1.54) is 26.1 Å². The molecule has 1 saturated heterocycles. The first-order valence-corrected chi connectivity index (χ1v) is 17.6. The van der Waals surface area contributed by atoms with Gasteiger partial charge in [-0.1, -0.05) is 67.0 Å². The third-order valence-electron chi connectivity index (χ3n) is 6.85. The average Bonchev–Trinajstić information content (AvgIpc) is 3.46. The lowest BCUT2D eigenvalue weighted by molar-refractivity contribution is 0.112. The zero-order valence-electron chi connectivity index (χ0n) is 28.9. The van der Waals surface area contributed by atoms with Gasteiger partial charge >= 0.3 is 0 Å². The Morgan fingerprint density at radius 1 is 1.02 bits per heavy atom. The number of benzene rings is 2. The summed E-state index contributed by atoms with van der Waals surface area (Å²) in [6.07, 6.45) is 3.97. The molecule has 8 heteroatoms. The standard InChI is InChI=1S/C22H20N2O2S.C7H17N3.C3H8.2C2H6/c1-4-27(26)17-7-5-6-15(9-17)18-10-16(12-25)14(3)21-20(18)19-8-13(2)11-23-22(19)24-21;1-8-2-5-10-6-3-9-4-7-10;1-3-2;2*1-2/h5-12H,4H2,1-3H3,(H,23,24);8-9H,2-7H2,1H3;3H2,1-2H3;2*1-2H3. The molecule has 4 aromatic rings. The van der Waals surface area contributed by atoms with Crippen LogP contribution in [0.5, 0.6) is 0 Å². The van der Waals surface area contributed by atoms with Crippen LogP contribution in [0.25, 0.3) is 33.1 Å². The predicted octanol–water partition coefficient (Wildman–Crippen LogP) is 7.52. The smallest absolute Gasteiger partial charge is 0.150 e. The first-order valence-electron chi connectivity index (χ1n) is 16.3. The summed E-state index contributed by atoms with van der Waals surface area (Å²) < 4.78 is 12.3. The summed E-state index contributed by atoms with van der Waals surface area (Å²) in [5, 5.41) is 8.56. The summed E-state index contributed by atoms with van der Waals surface area (Å²) in [4.78, 5) is 22.8. The Balaban J connectivity index is 0.000000474. The number of rotatable bonds is 7. The van der Waals surface area contributed by atoms with Crippen LogP contribution in [0.2, 0.25) is 0 Å². The van der Waals surface area contributed by atoms with E-state index in [0.29, 0.717) is 11.3 Å². The number of pyridine rings is 1. The van der Waals surface area contributed by atoms with Crippen molar-refractivity contribution in [1.82, 2.24) is 25.5 Å². The third kappa shape index (κ3) is 10.9. The number of nitrogens with zero attached hydrogens (tertiary/aromatic N) is 2. The minimum Gasteiger partial charge on any atom is -0.339 e. The Morgan fingerprint density at radius 3 is 2.27 bits per heavy atom. The maximum atomic E-state index is 12.3. The van der Waals surface area contributed by atoms with Crippen molar-refractivity contribution >= 4 is 39.0 Å². The van der Waals surface area contributed by atoms with E-state index in [4.69, 9.17) is 0 Å². The minimum atomic E-state index is -1.03. The molecule has 3 heterocycles. The summed E-state index contributed by atoms with van der Waals surface area (Å²) >= 11 is 0. The van der Waals surface area contributed by atoms with Crippen molar-refractivity contribution < 1.29 is 9.00 Å². The van der Waals surface area contributed by atoms with Crippen molar-refractivity contribution in [2.45, 2.75) is 73.6 Å². The second kappa shape index (κ2) is 21.7. The molecular weight excluding hydrogens is 566 g/mol. The highest BCUT2D eigenvalue weighted by Crippen LogP contribution is 2.37. The number of aldehydes is 1. The zero-order chi connectivity index (χ0) is 33.1. The fourth-order valence-electron chi connectivity index (χ4n) is 4.74. The first-order chi connectivity index (χ1) is 21.4. The number of fused-ring (bicyclic) bond motifs is 3. The molecule has 0 radical (unpaired) electrons. The average molecular weight is 624 g/mol. The van der Waals surface area contributed by atoms with Crippen LogP contribution in [0.3, 0.4) is 0 Å². The zero-order valence-corrected chi connectivity index (χ0v) is 29.7. The Morgan fingerprint density at radius 2 is 1.68 bits per heavy atom. The van der Waals surface area contributed by atoms with Crippen LogP contribution in [-0.4, -0.2) is 77.4 Å². The predicted molar refractivity (Wildman–Crippen MR) is 193 cm³/mol. The van der Waals surface area contributed by atoms with Gasteiger partial charge in [-0.05, 0) is 67.4 Å². The van der Waals surface area contributed by atoms with E-state index in [-0.39, 0.29) is 0 Å². The molecule has 1 unspecified atom stereocenters. The SMILES string of the molecule is CC.CC.CCC.CCS(=O)c1cccc(-c2cc(C=O)c(C)c3[nH]c4ncc(C)cc4c23)c1.CNCCN1CCNCC1. The summed E-state index contributed by atoms with van der Waals surface area (Å²) in [5.41, 5.74) is 6.25. The van der Waals surface area contributed by atoms with Gasteiger partial charge in [0, 0.05) is 72.4 Å². The molecule has 0 spiro atoms. The van der Waals surface area contributed by atoms with Gasteiger partial charge in [-0.15, -0.1) is 0 Å². The number of carbonyl (C=O) groups excluding carboxylic acids is 1. The Labute approximate surface area is 269 Å². The molecule has 244 valence electrons. The van der Waals surface area contributed by atoms with Crippen LogP contribution < -0.4 is 10.6 Å². The molecule has 0 saturated carbocycles. The van der Waals surface area contributed by atoms with E-state index in [1.807, 2.05) is 92.0 Å². The van der Waals surface area contributed by atoms with Crippen molar-refractivity contribution in [3.63, 3.8) is 0 Å². The molecule has 2 aromatic heterocycles. The van der Waals surface area contributed by atoms with Gasteiger partial charge in [-0.3, -0.25) is 13.9 Å². The van der Waals surface area contributed by atoms with Crippen LogP contribution in [0, 0.1) is 13.8 Å². The fraction of sp³-hybridized carbons (Fsp3) is 0.500. The molecule has 1 fully saturated rings. The maximum Gasteiger partial charge on any atom is 0.150 e. The lowest BCUT2D eigenvalue weighted by atomic mass is 9.94. The number of hydrogen-bond donors (Lipinski definition) is 3. The van der Waals surface area contributed by atoms with E-state index in [0.717, 1.165) is 75.0 Å². The van der Waals surface area contributed by atoms with Crippen molar-refractivity contribution in [3.8, 4) is 11.1 Å². The van der Waals surface area contributed by atoms with Crippen molar-refractivity contribution in [2.24, 2.45) is 0 Å². The minimum absolute atomic E-state index is 0.572. The van der Waals surface area contributed by atoms with Crippen molar-refractivity contribution in [2.75, 3.05) is 52.1 Å². The highest BCUT2D eigenvalue weighted by Gasteiger charge is 2.17. The quantitative estimate of drug-likeness (QED) is 0.185. The van der Waals surface area contributed by atoms with Crippen molar-refractivity contribution in [1.29, 1.82) is 0 Å². The Bertz CT molecular complexity index is 1430. The molecule has 0 bridgehead atoms. The van der Waals surface area contributed by atoms with Crippen LogP contribution in [0.1, 0.15) is 76.4 Å². The number of H-pyrrole nitrogens is 1. The van der Waals surface area contributed by atoms with Gasteiger partial charge in [0.25, 0.3) is 0 Å². The summed E-state index contributed by atoms with van der Waals surface area (Å²) in [7, 11) is 0.972. The van der Waals surface area contributed by atoms with E-state index in [1.54, 1.807) is 0 Å². The largest absolute Gasteiger partial charge is 0.339 e. The second-order valence-electron chi connectivity index (χ2n) is 10.1. The van der Waals surface area contributed by atoms with Gasteiger partial charge in [-0.2, -0.15) is 0 Å². The molecule has 1 aliphatic heterocycles. The van der Waals surface area contributed by atoms with Gasteiger partial charge in [-0.25, -0.2) is 4.98 Å². The molecule has 44 heavy (non-hydrogen) atoms. The summed E-state index contributed by atoms with van der Waals surface area (Å²) in [6, 6.07) is 11.8. The number of hydrogen-bond acceptors (Lipinski definition) is 6. The monoisotopic (exact) mass is 623 g/mol. The van der Waals surface area contributed by atoms with Gasteiger partial charge in [0.1, 0.15) is 11.9 Å². The van der Waals surface area contributed by atoms with E-state index in [2.05, 4.69) is 45.4 Å². The normalized spacial score (nSPS) is 13.2. The van der Waals surface area contributed by atoms with Gasteiger partial charge in [0.05, 0.1) is 16.3 Å². The molecule has 3 N–H and O–H groups in total.